The molecule has 1 N–H and O–H groups in total. The van der Waals surface area contributed by atoms with Gasteiger partial charge in [0.2, 0.25) is 0 Å². The fourth-order valence-corrected chi connectivity index (χ4v) is 3.68. The van der Waals surface area contributed by atoms with Gasteiger partial charge in [-0.2, -0.15) is 0 Å². The fourth-order valence-electron chi connectivity index (χ4n) is 3.68. The van der Waals surface area contributed by atoms with E-state index in [2.05, 4.69) is 80.9 Å². The van der Waals surface area contributed by atoms with Crippen LogP contribution >= 0.6 is 0 Å². The summed E-state index contributed by atoms with van der Waals surface area (Å²) < 4.78 is 6.24. The van der Waals surface area contributed by atoms with Crippen molar-refractivity contribution in [3.05, 3.63) is 83.0 Å². The molecule has 0 spiro atoms. The van der Waals surface area contributed by atoms with Gasteiger partial charge in [-0.1, -0.05) is 70.2 Å². The molecule has 0 aliphatic heterocycles. The molecule has 0 atom stereocenters. The standard InChI is InChI=1S/C29H34N2O3/c1-6-31(28-15-14-24(18-30-28)29(32)33)26-17-25(21(4)5)27(34-19-20(2)3)16-23(26)13-12-22-10-8-7-9-11-22/h7-18,20-21H,6,19H2,1-5H3,(H,32,33)/b13-12+. The molecule has 0 saturated carbocycles. The lowest BCUT2D eigenvalue weighted by Gasteiger charge is -2.27. The van der Waals surface area contributed by atoms with Gasteiger partial charge in [0, 0.05) is 18.3 Å². The van der Waals surface area contributed by atoms with E-state index in [0.29, 0.717) is 24.9 Å². The number of hydrogen-bond donors (Lipinski definition) is 1. The molecule has 0 radical (unpaired) electrons. The Bertz CT molecular complexity index is 1120. The van der Waals surface area contributed by atoms with E-state index in [4.69, 9.17) is 4.74 Å². The molecule has 0 amide bonds. The second-order valence-electron chi connectivity index (χ2n) is 9.01. The van der Waals surface area contributed by atoms with Gasteiger partial charge in [-0.25, -0.2) is 9.78 Å². The molecule has 0 aliphatic carbocycles. The molecule has 0 unspecified atom stereocenters. The molecule has 1 aromatic heterocycles. The van der Waals surface area contributed by atoms with Gasteiger partial charge < -0.3 is 14.7 Å². The van der Waals surface area contributed by atoms with Gasteiger partial charge in [-0.15, -0.1) is 0 Å². The normalized spacial score (nSPS) is 11.4. The Labute approximate surface area is 202 Å². The van der Waals surface area contributed by atoms with Gasteiger partial charge >= 0.3 is 5.97 Å². The molecule has 0 fully saturated rings. The van der Waals surface area contributed by atoms with E-state index in [1.165, 1.54) is 6.20 Å². The van der Waals surface area contributed by atoms with Crippen LogP contribution in [-0.2, 0) is 0 Å². The molecule has 178 valence electrons. The van der Waals surface area contributed by atoms with E-state index in [0.717, 1.165) is 28.1 Å². The number of anilines is 2. The number of carboxylic acids is 1. The molecular formula is C29H34N2O3. The average molecular weight is 459 g/mol. The summed E-state index contributed by atoms with van der Waals surface area (Å²) in [5, 5.41) is 9.25. The van der Waals surface area contributed by atoms with Crippen LogP contribution in [0.15, 0.2) is 60.8 Å². The predicted octanol–water partition coefficient (Wildman–Crippen LogP) is 7.27. The number of rotatable bonds is 10. The number of aromatic nitrogens is 1. The number of benzene rings is 2. The van der Waals surface area contributed by atoms with E-state index in [9.17, 15) is 9.90 Å². The van der Waals surface area contributed by atoms with Gasteiger partial charge in [0.1, 0.15) is 11.6 Å². The van der Waals surface area contributed by atoms with Crippen molar-refractivity contribution < 1.29 is 14.6 Å². The number of carbonyl (C=O) groups is 1. The zero-order valence-corrected chi connectivity index (χ0v) is 20.7. The summed E-state index contributed by atoms with van der Waals surface area (Å²) in [4.78, 5) is 17.8. The zero-order chi connectivity index (χ0) is 24.7. The lowest BCUT2D eigenvalue weighted by atomic mass is 9.97. The van der Waals surface area contributed by atoms with Crippen molar-refractivity contribution in [2.24, 2.45) is 5.92 Å². The van der Waals surface area contributed by atoms with E-state index in [1.54, 1.807) is 12.1 Å². The first kappa shape index (κ1) is 25.0. The topological polar surface area (TPSA) is 62.7 Å². The van der Waals surface area contributed by atoms with Gasteiger partial charge in [-0.3, -0.25) is 0 Å². The van der Waals surface area contributed by atoms with Crippen LogP contribution in [0.2, 0.25) is 0 Å². The number of hydrogen-bond acceptors (Lipinski definition) is 4. The molecule has 0 bridgehead atoms. The van der Waals surface area contributed by atoms with Crippen LogP contribution in [0, 0.1) is 5.92 Å². The quantitative estimate of drug-likeness (QED) is 0.324. The van der Waals surface area contributed by atoms with Gasteiger partial charge in [-0.05, 0) is 54.2 Å². The maximum Gasteiger partial charge on any atom is 0.337 e. The Hall–Kier alpha value is -3.60. The van der Waals surface area contributed by atoms with E-state index in [-0.39, 0.29) is 11.5 Å². The lowest BCUT2D eigenvalue weighted by Crippen LogP contribution is -2.19. The van der Waals surface area contributed by atoms with Crippen LogP contribution < -0.4 is 9.64 Å². The van der Waals surface area contributed by atoms with Crippen LogP contribution in [0.25, 0.3) is 12.2 Å². The molecule has 0 aliphatic rings. The highest BCUT2D eigenvalue weighted by Gasteiger charge is 2.19. The van der Waals surface area contributed by atoms with Crippen molar-refractivity contribution in [2.45, 2.75) is 40.5 Å². The number of carboxylic acid groups (broad SMARTS) is 1. The van der Waals surface area contributed by atoms with Crippen LogP contribution in [0.5, 0.6) is 5.75 Å². The smallest absolute Gasteiger partial charge is 0.337 e. The van der Waals surface area contributed by atoms with Gasteiger partial charge in [0.25, 0.3) is 0 Å². The third-order valence-electron chi connectivity index (χ3n) is 5.49. The summed E-state index contributed by atoms with van der Waals surface area (Å²) in [5.74, 6) is 1.31. The third-order valence-corrected chi connectivity index (χ3v) is 5.49. The summed E-state index contributed by atoms with van der Waals surface area (Å²) >= 11 is 0. The Morgan fingerprint density at radius 3 is 2.35 bits per heavy atom. The molecule has 5 nitrogen and oxygen atoms in total. The Balaban J connectivity index is 2.13. The number of pyridine rings is 1. The van der Waals surface area contributed by atoms with E-state index >= 15 is 0 Å². The number of aromatic carboxylic acids is 1. The zero-order valence-electron chi connectivity index (χ0n) is 20.7. The summed E-state index contributed by atoms with van der Waals surface area (Å²) in [6.07, 6.45) is 5.60. The fraction of sp³-hybridized carbons (Fsp3) is 0.310. The summed E-state index contributed by atoms with van der Waals surface area (Å²) in [6.45, 7) is 12.0. The lowest BCUT2D eigenvalue weighted by molar-refractivity contribution is 0.0696. The molecular weight excluding hydrogens is 424 g/mol. The summed E-state index contributed by atoms with van der Waals surface area (Å²) in [7, 11) is 0. The van der Waals surface area contributed by atoms with E-state index in [1.807, 2.05) is 18.2 Å². The predicted molar refractivity (Wildman–Crippen MR) is 140 cm³/mol. The first-order valence-corrected chi connectivity index (χ1v) is 11.8. The molecule has 3 rings (SSSR count). The highest BCUT2D eigenvalue weighted by atomic mass is 16.5. The average Bonchev–Trinajstić information content (AvgIpc) is 2.83. The highest BCUT2D eigenvalue weighted by Crippen LogP contribution is 2.38. The minimum atomic E-state index is -0.984. The maximum absolute atomic E-state index is 11.3. The largest absolute Gasteiger partial charge is 0.493 e. The molecule has 0 saturated heterocycles. The maximum atomic E-state index is 11.3. The van der Waals surface area contributed by atoms with Gasteiger partial charge in [0.05, 0.1) is 17.9 Å². The van der Waals surface area contributed by atoms with Crippen LogP contribution in [-0.4, -0.2) is 29.2 Å². The molecule has 1 heterocycles. The minimum absolute atomic E-state index is 0.171. The van der Waals surface area contributed by atoms with Crippen molar-refractivity contribution in [3.63, 3.8) is 0 Å². The summed E-state index contributed by atoms with van der Waals surface area (Å²) in [5.41, 5.74) is 4.43. The Morgan fingerprint density at radius 2 is 1.79 bits per heavy atom. The van der Waals surface area contributed by atoms with Crippen LogP contribution in [0.4, 0.5) is 11.5 Å². The van der Waals surface area contributed by atoms with E-state index < -0.39 is 5.97 Å². The van der Waals surface area contributed by atoms with Crippen molar-refractivity contribution in [1.29, 1.82) is 0 Å². The molecule has 2 aromatic carbocycles. The first-order valence-electron chi connectivity index (χ1n) is 11.8. The van der Waals surface area contributed by atoms with Gasteiger partial charge in [0.15, 0.2) is 0 Å². The minimum Gasteiger partial charge on any atom is -0.493 e. The van der Waals surface area contributed by atoms with Crippen molar-refractivity contribution in [1.82, 2.24) is 4.98 Å². The first-order chi connectivity index (χ1) is 16.3. The highest BCUT2D eigenvalue weighted by molar-refractivity contribution is 5.87. The Morgan fingerprint density at radius 1 is 1.06 bits per heavy atom. The number of nitrogens with zero attached hydrogens (tertiary/aromatic N) is 2. The van der Waals surface area contributed by atoms with Crippen molar-refractivity contribution in [3.8, 4) is 5.75 Å². The van der Waals surface area contributed by atoms with Crippen molar-refractivity contribution >= 4 is 29.6 Å². The summed E-state index contributed by atoms with van der Waals surface area (Å²) in [6, 6.07) is 17.8. The van der Waals surface area contributed by atoms with Crippen molar-refractivity contribution in [2.75, 3.05) is 18.1 Å². The number of ether oxygens (including phenoxy) is 1. The monoisotopic (exact) mass is 458 g/mol. The van der Waals surface area contributed by atoms with Crippen LogP contribution in [0.3, 0.4) is 0 Å². The second-order valence-corrected chi connectivity index (χ2v) is 9.01. The molecule has 5 heteroatoms. The SMILES string of the molecule is CCN(c1ccc(C(=O)O)cn1)c1cc(C(C)C)c(OCC(C)C)cc1/C=C/c1ccccc1. The second kappa shape index (κ2) is 11.5. The molecule has 3 aromatic rings. The Kier molecular flexibility index (Phi) is 8.47. The molecule has 34 heavy (non-hydrogen) atoms. The third kappa shape index (κ3) is 6.25. The van der Waals surface area contributed by atoms with Crippen LogP contribution in [0.1, 0.15) is 67.6 Å².